The van der Waals surface area contributed by atoms with Gasteiger partial charge in [0.05, 0.1) is 18.1 Å². The number of carbonyl (C=O) groups is 1. The molecule has 8 heteroatoms. The molecule has 1 aliphatic rings. The Morgan fingerprint density at radius 3 is 2.42 bits per heavy atom. The van der Waals surface area contributed by atoms with Gasteiger partial charge in [-0.25, -0.2) is 4.39 Å². The summed E-state index contributed by atoms with van der Waals surface area (Å²) in [5.74, 6) is -0.176. The lowest BCUT2D eigenvalue weighted by Crippen LogP contribution is -2.32. The molecule has 3 aromatic rings. The Bertz CT molecular complexity index is 1220. The fraction of sp³-hybridized carbons (Fsp3) is 0.160. The lowest BCUT2D eigenvalue weighted by molar-refractivity contribution is -0.384. The molecule has 0 bridgehead atoms. The summed E-state index contributed by atoms with van der Waals surface area (Å²) in [5.41, 5.74) is 3.39. The van der Waals surface area contributed by atoms with Crippen LogP contribution in [-0.2, 0) is 4.79 Å². The Hall–Kier alpha value is -4.04. The third-order valence-electron chi connectivity index (χ3n) is 5.59. The van der Waals surface area contributed by atoms with E-state index in [2.05, 4.69) is 0 Å². The van der Waals surface area contributed by atoms with Crippen LogP contribution < -0.4 is 9.64 Å². The number of halogens is 1. The van der Waals surface area contributed by atoms with Gasteiger partial charge in [-0.2, -0.15) is 0 Å². The number of nitrogens with zero attached hydrogens (tertiary/aromatic N) is 2. The SMILES string of the molecule is COc1ccc(C2=Cc3ccc(F)cc3C(CC(=O)CO)N2c2ccc([N+](=O)[O-])cc2)cc1. The first-order valence-corrected chi connectivity index (χ1v) is 10.2. The zero-order chi connectivity index (χ0) is 23.5. The number of aliphatic hydroxyl groups excluding tert-OH is 1. The van der Waals surface area contributed by atoms with Gasteiger partial charge < -0.3 is 14.7 Å². The molecule has 1 N–H and O–H groups in total. The van der Waals surface area contributed by atoms with Crippen molar-refractivity contribution in [1.29, 1.82) is 0 Å². The van der Waals surface area contributed by atoms with Crippen molar-refractivity contribution in [3.8, 4) is 5.75 Å². The van der Waals surface area contributed by atoms with Gasteiger partial charge in [-0.1, -0.05) is 6.07 Å². The number of hydrogen-bond donors (Lipinski definition) is 1. The highest BCUT2D eigenvalue weighted by Gasteiger charge is 2.32. The summed E-state index contributed by atoms with van der Waals surface area (Å²) >= 11 is 0. The van der Waals surface area contributed by atoms with Gasteiger partial charge in [-0.05, 0) is 71.3 Å². The lowest BCUT2D eigenvalue weighted by Gasteiger charge is -2.39. The number of ketones is 1. The molecular weight excluding hydrogens is 427 g/mol. The van der Waals surface area contributed by atoms with E-state index in [9.17, 15) is 24.4 Å². The van der Waals surface area contributed by atoms with Gasteiger partial charge in [0.1, 0.15) is 18.2 Å². The number of benzene rings is 3. The number of anilines is 1. The molecule has 4 rings (SSSR count). The Morgan fingerprint density at radius 1 is 1.12 bits per heavy atom. The second-order valence-corrected chi connectivity index (χ2v) is 7.59. The van der Waals surface area contributed by atoms with Crippen molar-refractivity contribution in [3.63, 3.8) is 0 Å². The summed E-state index contributed by atoms with van der Waals surface area (Å²) < 4.78 is 19.4. The van der Waals surface area contributed by atoms with Gasteiger partial charge in [-0.15, -0.1) is 0 Å². The molecule has 0 saturated carbocycles. The Kier molecular flexibility index (Phi) is 6.19. The predicted octanol–water partition coefficient (Wildman–Crippen LogP) is 4.75. The summed E-state index contributed by atoms with van der Waals surface area (Å²) in [6.07, 6.45) is 1.81. The van der Waals surface area contributed by atoms with Crippen molar-refractivity contribution in [3.05, 3.63) is 99.4 Å². The van der Waals surface area contributed by atoms with Crippen LogP contribution in [-0.4, -0.2) is 29.5 Å². The molecule has 7 nitrogen and oxygen atoms in total. The van der Waals surface area contributed by atoms with Gasteiger partial charge >= 0.3 is 0 Å². The Labute approximate surface area is 189 Å². The fourth-order valence-corrected chi connectivity index (χ4v) is 4.01. The maximum absolute atomic E-state index is 14.2. The molecule has 0 aliphatic carbocycles. The highest BCUT2D eigenvalue weighted by Crippen LogP contribution is 2.44. The van der Waals surface area contributed by atoms with E-state index in [1.165, 1.54) is 24.3 Å². The van der Waals surface area contributed by atoms with Gasteiger partial charge in [0.2, 0.25) is 0 Å². The standard InChI is InChI=1S/C25H21FN2O5/c1-33-22-10-3-16(4-11-22)24-12-17-2-5-18(26)13-23(17)25(14-21(30)15-29)27(24)19-6-8-20(9-7-19)28(31)32/h2-13,25,29H,14-15H2,1H3. The maximum atomic E-state index is 14.2. The van der Waals surface area contributed by atoms with Crippen molar-refractivity contribution in [1.82, 2.24) is 0 Å². The molecule has 168 valence electrons. The van der Waals surface area contributed by atoms with E-state index in [1.54, 1.807) is 37.4 Å². The molecule has 33 heavy (non-hydrogen) atoms. The molecular formula is C25H21FN2O5. The van der Waals surface area contributed by atoms with Crippen molar-refractivity contribution < 1.29 is 24.0 Å². The van der Waals surface area contributed by atoms with Crippen LogP contribution in [0.5, 0.6) is 5.75 Å². The number of rotatable bonds is 7. The summed E-state index contributed by atoms with van der Waals surface area (Å²) in [6.45, 7) is -0.642. The number of carbonyl (C=O) groups excluding carboxylic acids is 1. The highest BCUT2D eigenvalue weighted by molar-refractivity contribution is 5.95. The van der Waals surface area contributed by atoms with Crippen LogP contribution in [0.3, 0.4) is 0 Å². The number of nitro benzene ring substituents is 1. The summed E-state index contributed by atoms with van der Waals surface area (Å²) in [6, 6.07) is 17.0. The summed E-state index contributed by atoms with van der Waals surface area (Å²) in [7, 11) is 1.57. The van der Waals surface area contributed by atoms with E-state index >= 15 is 0 Å². The second-order valence-electron chi connectivity index (χ2n) is 7.59. The van der Waals surface area contributed by atoms with E-state index in [0.717, 1.165) is 16.8 Å². The van der Waals surface area contributed by atoms with Gasteiger partial charge in [-0.3, -0.25) is 14.9 Å². The third-order valence-corrected chi connectivity index (χ3v) is 5.59. The van der Waals surface area contributed by atoms with Crippen LogP contribution in [0.4, 0.5) is 15.8 Å². The number of hydrogen-bond acceptors (Lipinski definition) is 6. The second kappa shape index (κ2) is 9.22. The smallest absolute Gasteiger partial charge is 0.269 e. The average Bonchev–Trinajstić information content (AvgIpc) is 2.84. The maximum Gasteiger partial charge on any atom is 0.269 e. The first-order valence-electron chi connectivity index (χ1n) is 10.2. The molecule has 3 aromatic carbocycles. The van der Waals surface area contributed by atoms with Gasteiger partial charge in [0.15, 0.2) is 5.78 Å². The molecule has 1 heterocycles. The number of ether oxygens (including phenoxy) is 1. The number of aliphatic hydroxyl groups is 1. The van der Waals surface area contributed by atoms with Crippen molar-refractivity contribution in [2.24, 2.45) is 0 Å². The summed E-state index contributed by atoms with van der Waals surface area (Å²) in [5, 5.41) is 20.6. The van der Waals surface area contributed by atoms with Gasteiger partial charge in [0, 0.05) is 29.9 Å². The molecule has 0 amide bonds. The molecule has 1 aliphatic heterocycles. The minimum absolute atomic E-state index is 0.0693. The Morgan fingerprint density at radius 2 is 1.82 bits per heavy atom. The number of Topliss-reactive ketones (excluding diaryl/α,β-unsaturated/α-hetero) is 1. The molecule has 1 atom stereocenters. The molecule has 0 fully saturated rings. The van der Waals surface area contributed by atoms with E-state index < -0.39 is 29.2 Å². The van der Waals surface area contributed by atoms with Crippen molar-refractivity contribution in [2.75, 3.05) is 18.6 Å². The van der Waals surface area contributed by atoms with Crippen LogP contribution in [0.2, 0.25) is 0 Å². The largest absolute Gasteiger partial charge is 0.497 e. The van der Waals surface area contributed by atoms with Crippen molar-refractivity contribution >= 4 is 28.9 Å². The van der Waals surface area contributed by atoms with Crippen LogP contribution in [0.25, 0.3) is 11.8 Å². The molecule has 1 unspecified atom stereocenters. The zero-order valence-corrected chi connectivity index (χ0v) is 17.8. The number of fused-ring (bicyclic) bond motifs is 1. The molecule has 0 aromatic heterocycles. The third kappa shape index (κ3) is 4.47. The molecule has 0 saturated heterocycles. The lowest BCUT2D eigenvalue weighted by atomic mass is 9.88. The fourth-order valence-electron chi connectivity index (χ4n) is 4.01. The van der Waals surface area contributed by atoms with Crippen LogP contribution in [0, 0.1) is 15.9 Å². The zero-order valence-electron chi connectivity index (χ0n) is 17.8. The van der Waals surface area contributed by atoms with Crippen LogP contribution in [0.1, 0.15) is 29.2 Å². The predicted molar refractivity (Wildman–Crippen MR) is 122 cm³/mol. The van der Waals surface area contributed by atoms with E-state index in [0.29, 0.717) is 17.0 Å². The molecule has 0 radical (unpaired) electrons. The number of nitro groups is 1. The normalized spacial score (nSPS) is 14.9. The van der Waals surface area contributed by atoms with Crippen LogP contribution >= 0.6 is 0 Å². The topological polar surface area (TPSA) is 92.9 Å². The molecule has 0 spiro atoms. The minimum Gasteiger partial charge on any atom is -0.497 e. The van der Waals surface area contributed by atoms with Gasteiger partial charge in [0.25, 0.3) is 5.69 Å². The first-order chi connectivity index (χ1) is 15.9. The van der Waals surface area contributed by atoms with E-state index in [1.807, 2.05) is 23.1 Å². The number of non-ortho nitro benzene ring substituents is 1. The monoisotopic (exact) mass is 448 g/mol. The minimum atomic E-state index is -0.642. The number of methoxy groups -OCH3 is 1. The summed E-state index contributed by atoms with van der Waals surface area (Å²) in [4.78, 5) is 24.8. The van der Waals surface area contributed by atoms with Crippen molar-refractivity contribution in [2.45, 2.75) is 12.5 Å². The Balaban J connectivity index is 1.92. The average molecular weight is 448 g/mol. The van der Waals surface area contributed by atoms with E-state index in [-0.39, 0.29) is 12.1 Å². The highest BCUT2D eigenvalue weighted by atomic mass is 19.1. The van der Waals surface area contributed by atoms with Crippen LogP contribution in [0.15, 0.2) is 66.7 Å². The quantitative estimate of drug-likeness (QED) is 0.414. The van der Waals surface area contributed by atoms with E-state index in [4.69, 9.17) is 4.74 Å². The first kappa shape index (κ1) is 22.2.